The molecule has 0 radical (unpaired) electrons. The third kappa shape index (κ3) is 4.21. The largest absolute Gasteiger partial charge is 0.338 e. The lowest BCUT2D eigenvalue weighted by Gasteiger charge is -2.56. The van der Waals surface area contributed by atoms with Crippen LogP contribution in [-0.2, 0) is 4.79 Å². The number of rotatable bonds is 6. The van der Waals surface area contributed by atoms with E-state index in [2.05, 4.69) is 20.9 Å². The number of hydrogen-bond acceptors (Lipinski definition) is 4. The second-order valence-electron chi connectivity index (χ2n) is 9.28. The number of nitrogens with one attached hydrogen (secondary N) is 3. The molecule has 2 aromatic rings. The van der Waals surface area contributed by atoms with Gasteiger partial charge in [-0.1, -0.05) is 30.3 Å². The summed E-state index contributed by atoms with van der Waals surface area (Å²) < 4.78 is 0. The topological polar surface area (TPSA) is 83.1 Å². The second kappa shape index (κ2) is 8.02. The first kappa shape index (κ1) is 19.5. The number of benzene rings is 1. The van der Waals surface area contributed by atoms with Gasteiger partial charge in [0, 0.05) is 29.4 Å². The van der Waals surface area contributed by atoms with Gasteiger partial charge in [-0.3, -0.25) is 4.79 Å². The minimum Gasteiger partial charge on any atom is -0.338 e. The summed E-state index contributed by atoms with van der Waals surface area (Å²) in [7, 11) is 0. The highest BCUT2D eigenvalue weighted by atomic mass is 32.1. The first-order valence-corrected chi connectivity index (χ1v) is 11.8. The fourth-order valence-electron chi connectivity index (χ4n) is 6.09. The summed E-state index contributed by atoms with van der Waals surface area (Å²) in [6.45, 7) is 0.320. The average Bonchev–Trinajstić information content (AvgIpc) is 3.15. The summed E-state index contributed by atoms with van der Waals surface area (Å²) in [6.07, 6.45) is 7.67. The summed E-state index contributed by atoms with van der Waals surface area (Å²) in [6, 6.07) is 9.75. The fraction of sp³-hybridized carbons (Fsp3) is 0.522. The molecule has 0 saturated heterocycles. The monoisotopic (exact) mass is 424 g/mol. The van der Waals surface area contributed by atoms with Crippen molar-refractivity contribution in [3.63, 3.8) is 0 Å². The molecule has 0 spiro atoms. The number of carbonyl (C=O) groups excluding carboxylic acids is 2. The van der Waals surface area contributed by atoms with Crippen molar-refractivity contribution in [1.82, 2.24) is 15.6 Å². The van der Waals surface area contributed by atoms with E-state index in [1.807, 2.05) is 35.7 Å². The van der Waals surface area contributed by atoms with Gasteiger partial charge in [0.05, 0.1) is 5.69 Å². The predicted molar refractivity (Wildman–Crippen MR) is 118 cm³/mol. The Hall–Kier alpha value is -2.41. The third-order valence-corrected chi connectivity index (χ3v) is 7.63. The van der Waals surface area contributed by atoms with E-state index in [0.717, 1.165) is 48.3 Å². The maximum Gasteiger partial charge on any atom is 0.315 e. The van der Waals surface area contributed by atoms with E-state index in [4.69, 9.17) is 0 Å². The van der Waals surface area contributed by atoms with Crippen molar-refractivity contribution in [2.45, 2.75) is 50.5 Å². The highest BCUT2D eigenvalue weighted by molar-refractivity contribution is 7.14. The standard InChI is InChI=1S/C23H28N4O2S/c28-20(26-22-25-19(14-30-22)18-4-2-1-3-5-18)6-7-24-21(29)27-23-11-15-8-16(12-23)10-17(9-15)13-23/h1-5,14-17H,6-13H2,(H2,24,27,29)(H,25,26,28). The normalized spacial score (nSPS) is 28.9. The van der Waals surface area contributed by atoms with E-state index in [9.17, 15) is 9.59 Å². The lowest BCUT2D eigenvalue weighted by atomic mass is 9.53. The van der Waals surface area contributed by atoms with Crippen molar-refractivity contribution in [1.29, 1.82) is 0 Å². The van der Waals surface area contributed by atoms with Crippen LogP contribution in [-0.4, -0.2) is 29.0 Å². The van der Waals surface area contributed by atoms with Gasteiger partial charge in [-0.15, -0.1) is 11.3 Å². The van der Waals surface area contributed by atoms with Gasteiger partial charge in [0.1, 0.15) is 0 Å². The zero-order valence-electron chi connectivity index (χ0n) is 17.0. The Labute approximate surface area is 180 Å². The van der Waals surface area contributed by atoms with Gasteiger partial charge in [0.25, 0.3) is 0 Å². The van der Waals surface area contributed by atoms with Crippen molar-refractivity contribution in [2.75, 3.05) is 11.9 Å². The van der Waals surface area contributed by atoms with E-state index < -0.39 is 0 Å². The van der Waals surface area contributed by atoms with Crippen LogP contribution in [0.5, 0.6) is 0 Å². The van der Waals surface area contributed by atoms with Crippen molar-refractivity contribution in [3.05, 3.63) is 35.7 Å². The van der Waals surface area contributed by atoms with E-state index in [-0.39, 0.29) is 23.9 Å². The molecule has 1 heterocycles. The Bertz CT molecular complexity index is 891. The Morgan fingerprint density at radius 2 is 1.70 bits per heavy atom. The number of hydrogen-bond donors (Lipinski definition) is 3. The van der Waals surface area contributed by atoms with E-state index in [0.29, 0.717) is 11.7 Å². The van der Waals surface area contributed by atoms with Gasteiger partial charge < -0.3 is 16.0 Å². The molecule has 30 heavy (non-hydrogen) atoms. The van der Waals surface area contributed by atoms with Gasteiger partial charge in [0.15, 0.2) is 5.13 Å². The molecule has 7 heteroatoms. The molecule has 0 atom stereocenters. The Morgan fingerprint density at radius 3 is 2.37 bits per heavy atom. The van der Waals surface area contributed by atoms with Crippen molar-refractivity contribution in [2.24, 2.45) is 17.8 Å². The van der Waals surface area contributed by atoms with Crippen LogP contribution in [0, 0.1) is 17.8 Å². The molecule has 4 bridgehead atoms. The minimum atomic E-state index is -0.140. The highest BCUT2D eigenvalue weighted by Crippen LogP contribution is 2.55. The van der Waals surface area contributed by atoms with Gasteiger partial charge in [-0.25, -0.2) is 9.78 Å². The molecular formula is C23H28N4O2S. The Morgan fingerprint density at radius 1 is 1.03 bits per heavy atom. The summed E-state index contributed by atoms with van der Waals surface area (Å²) in [5, 5.41) is 11.5. The summed E-state index contributed by atoms with van der Waals surface area (Å²) >= 11 is 1.41. The number of carbonyl (C=O) groups is 2. The van der Waals surface area contributed by atoms with E-state index in [1.165, 1.54) is 30.6 Å². The summed E-state index contributed by atoms with van der Waals surface area (Å²) in [4.78, 5) is 29.2. The fourth-order valence-corrected chi connectivity index (χ4v) is 6.83. The first-order valence-electron chi connectivity index (χ1n) is 10.9. The smallest absolute Gasteiger partial charge is 0.315 e. The third-order valence-electron chi connectivity index (χ3n) is 6.87. The molecule has 3 amide bonds. The maximum atomic E-state index is 12.5. The SMILES string of the molecule is O=C(CCNC(=O)NC12CC3CC(CC(C3)C1)C2)Nc1nc(-c2ccccc2)cs1. The van der Waals surface area contributed by atoms with Crippen LogP contribution in [0.2, 0.25) is 0 Å². The number of anilines is 1. The molecule has 4 aliphatic carbocycles. The molecule has 1 aromatic heterocycles. The molecule has 1 aromatic carbocycles. The maximum absolute atomic E-state index is 12.5. The summed E-state index contributed by atoms with van der Waals surface area (Å²) in [5.74, 6) is 2.24. The van der Waals surface area contributed by atoms with E-state index >= 15 is 0 Å². The molecule has 0 unspecified atom stereocenters. The van der Waals surface area contributed by atoms with Crippen LogP contribution in [0.4, 0.5) is 9.93 Å². The van der Waals surface area contributed by atoms with Gasteiger partial charge in [0.2, 0.25) is 5.91 Å². The van der Waals surface area contributed by atoms with Crippen LogP contribution in [0.15, 0.2) is 35.7 Å². The number of amides is 3. The van der Waals surface area contributed by atoms with Crippen molar-refractivity contribution in [3.8, 4) is 11.3 Å². The zero-order chi connectivity index (χ0) is 20.6. The predicted octanol–water partition coefficient (Wildman–Crippen LogP) is 4.41. The van der Waals surface area contributed by atoms with Crippen LogP contribution >= 0.6 is 11.3 Å². The molecule has 6 nitrogen and oxygen atoms in total. The quantitative estimate of drug-likeness (QED) is 0.642. The second-order valence-corrected chi connectivity index (χ2v) is 10.1. The minimum absolute atomic E-state index is 0.00415. The molecule has 3 N–H and O–H groups in total. The first-order chi connectivity index (χ1) is 14.6. The number of aromatic nitrogens is 1. The van der Waals surface area contributed by atoms with Crippen molar-refractivity contribution >= 4 is 28.4 Å². The number of nitrogens with zero attached hydrogens (tertiary/aromatic N) is 1. The summed E-state index contributed by atoms with van der Waals surface area (Å²) in [5.41, 5.74) is 1.87. The molecule has 6 rings (SSSR count). The van der Waals surface area contributed by atoms with Gasteiger partial charge in [-0.2, -0.15) is 0 Å². The lowest BCUT2D eigenvalue weighted by Crippen LogP contribution is -2.61. The van der Waals surface area contributed by atoms with Gasteiger partial charge in [-0.05, 0) is 56.3 Å². The highest BCUT2D eigenvalue weighted by Gasteiger charge is 2.51. The Kier molecular flexibility index (Phi) is 5.23. The number of thiazole rings is 1. The lowest BCUT2D eigenvalue weighted by molar-refractivity contribution is -0.116. The molecule has 158 valence electrons. The van der Waals surface area contributed by atoms with Crippen LogP contribution < -0.4 is 16.0 Å². The average molecular weight is 425 g/mol. The van der Waals surface area contributed by atoms with Crippen LogP contribution in [0.1, 0.15) is 44.9 Å². The molecule has 4 saturated carbocycles. The van der Waals surface area contributed by atoms with Crippen molar-refractivity contribution < 1.29 is 9.59 Å². The molecular weight excluding hydrogens is 396 g/mol. The zero-order valence-corrected chi connectivity index (χ0v) is 17.8. The number of urea groups is 1. The van der Waals surface area contributed by atoms with E-state index in [1.54, 1.807) is 0 Å². The molecule has 4 fully saturated rings. The van der Waals surface area contributed by atoms with Gasteiger partial charge >= 0.3 is 6.03 Å². The Balaban J connectivity index is 1.07. The molecule has 0 aliphatic heterocycles. The van der Waals surface area contributed by atoms with Crippen LogP contribution in [0.3, 0.4) is 0 Å². The molecule has 4 aliphatic rings. The van der Waals surface area contributed by atoms with Crippen LogP contribution in [0.25, 0.3) is 11.3 Å².